The molecule has 1 aromatic carbocycles. The van der Waals surface area contributed by atoms with Crippen molar-refractivity contribution in [2.24, 2.45) is 5.41 Å². The van der Waals surface area contributed by atoms with E-state index < -0.39 is 6.10 Å². The third kappa shape index (κ3) is 4.22. The van der Waals surface area contributed by atoms with Crippen LogP contribution in [0.25, 0.3) is 0 Å². The predicted octanol–water partition coefficient (Wildman–Crippen LogP) is 2.59. The van der Waals surface area contributed by atoms with Gasteiger partial charge in [0.15, 0.2) is 0 Å². The quantitative estimate of drug-likeness (QED) is 0.829. The van der Waals surface area contributed by atoms with Crippen molar-refractivity contribution < 1.29 is 9.84 Å². The molecule has 1 aliphatic carbocycles. The number of hydrogen-bond donors (Lipinski definition) is 2. The van der Waals surface area contributed by atoms with Crippen molar-refractivity contribution in [3.63, 3.8) is 0 Å². The van der Waals surface area contributed by atoms with Gasteiger partial charge >= 0.3 is 0 Å². The minimum absolute atomic E-state index is 0.337. The molecule has 0 aliphatic heterocycles. The summed E-state index contributed by atoms with van der Waals surface area (Å²) in [5, 5.41) is 13.4. The van der Waals surface area contributed by atoms with E-state index in [0.29, 0.717) is 24.6 Å². The number of aliphatic hydroxyl groups excluding tert-OH is 1. The van der Waals surface area contributed by atoms with Gasteiger partial charge in [0.2, 0.25) is 0 Å². The van der Waals surface area contributed by atoms with Crippen LogP contribution in [0.2, 0.25) is 0 Å². The zero-order valence-corrected chi connectivity index (χ0v) is 11.9. The van der Waals surface area contributed by atoms with E-state index >= 15 is 0 Å². The molecule has 2 unspecified atom stereocenters. The van der Waals surface area contributed by atoms with Crippen LogP contribution in [0.1, 0.15) is 33.1 Å². The van der Waals surface area contributed by atoms with Gasteiger partial charge in [0.25, 0.3) is 0 Å². The summed E-state index contributed by atoms with van der Waals surface area (Å²) in [4.78, 5) is 0. The Hall–Kier alpha value is -1.06. The Morgan fingerprint density at radius 1 is 1.37 bits per heavy atom. The van der Waals surface area contributed by atoms with E-state index in [1.165, 1.54) is 19.3 Å². The standard InChI is InChI=1S/C16H25NO2/c1-16(2)10-6-9-15(16)17-11-13(18)12-19-14-7-4-3-5-8-14/h3-5,7-8,13,15,17-18H,6,9-12H2,1-2H3. The minimum Gasteiger partial charge on any atom is -0.491 e. The molecular weight excluding hydrogens is 238 g/mol. The fraction of sp³-hybridized carbons (Fsp3) is 0.625. The average molecular weight is 263 g/mol. The fourth-order valence-corrected chi connectivity index (χ4v) is 2.75. The van der Waals surface area contributed by atoms with Crippen molar-refractivity contribution in [1.29, 1.82) is 0 Å². The summed E-state index contributed by atoms with van der Waals surface area (Å²) in [6, 6.07) is 10.1. The first-order valence-electron chi connectivity index (χ1n) is 7.17. The highest BCUT2D eigenvalue weighted by atomic mass is 16.5. The number of ether oxygens (including phenoxy) is 1. The molecule has 3 heteroatoms. The Balaban J connectivity index is 1.69. The molecule has 1 fully saturated rings. The lowest BCUT2D eigenvalue weighted by atomic mass is 9.87. The molecule has 0 amide bonds. The van der Waals surface area contributed by atoms with Crippen LogP contribution in [0.15, 0.2) is 30.3 Å². The molecule has 2 atom stereocenters. The molecule has 19 heavy (non-hydrogen) atoms. The van der Waals surface area contributed by atoms with E-state index in [9.17, 15) is 5.11 Å². The normalized spacial score (nSPS) is 23.2. The molecule has 2 N–H and O–H groups in total. The highest BCUT2D eigenvalue weighted by molar-refractivity contribution is 5.20. The van der Waals surface area contributed by atoms with Crippen LogP contribution in [0, 0.1) is 5.41 Å². The van der Waals surface area contributed by atoms with E-state index in [1.807, 2.05) is 30.3 Å². The Bertz CT molecular complexity index is 378. The predicted molar refractivity (Wildman–Crippen MR) is 77.4 cm³/mol. The van der Waals surface area contributed by atoms with E-state index in [4.69, 9.17) is 4.74 Å². The second-order valence-electron chi connectivity index (χ2n) is 6.12. The number of rotatable bonds is 6. The Labute approximate surface area is 116 Å². The van der Waals surface area contributed by atoms with Crippen molar-refractivity contribution in [1.82, 2.24) is 5.32 Å². The molecule has 0 spiro atoms. The van der Waals surface area contributed by atoms with Crippen LogP contribution in [-0.2, 0) is 0 Å². The SMILES string of the molecule is CC1(C)CCCC1NCC(O)COc1ccccc1. The molecule has 0 saturated heterocycles. The van der Waals surface area contributed by atoms with Gasteiger partial charge in [-0.3, -0.25) is 0 Å². The molecule has 0 radical (unpaired) electrons. The maximum atomic E-state index is 9.95. The van der Waals surface area contributed by atoms with Crippen LogP contribution in [-0.4, -0.2) is 30.4 Å². The van der Waals surface area contributed by atoms with Gasteiger partial charge in [-0.2, -0.15) is 0 Å². The molecule has 1 aliphatic rings. The van der Waals surface area contributed by atoms with Crippen molar-refractivity contribution in [2.45, 2.75) is 45.3 Å². The van der Waals surface area contributed by atoms with Crippen LogP contribution in [0.4, 0.5) is 0 Å². The highest BCUT2D eigenvalue weighted by Crippen LogP contribution is 2.37. The topological polar surface area (TPSA) is 41.5 Å². The number of benzene rings is 1. The van der Waals surface area contributed by atoms with Crippen molar-refractivity contribution >= 4 is 0 Å². The average Bonchev–Trinajstić information content (AvgIpc) is 2.74. The Kier molecular flexibility index (Phi) is 4.83. The lowest BCUT2D eigenvalue weighted by Crippen LogP contribution is -2.43. The molecular formula is C16H25NO2. The second-order valence-corrected chi connectivity index (χ2v) is 6.12. The smallest absolute Gasteiger partial charge is 0.119 e. The van der Waals surface area contributed by atoms with Crippen LogP contribution < -0.4 is 10.1 Å². The number of aliphatic hydroxyl groups is 1. The summed E-state index contributed by atoms with van der Waals surface area (Å²) in [7, 11) is 0. The van der Waals surface area contributed by atoms with E-state index in [-0.39, 0.29) is 0 Å². The summed E-state index contributed by atoms with van der Waals surface area (Å²) in [5.41, 5.74) is 0.347. The Morgan fingerprint density at radius 3 is 2.74 bits per heavy atom. The van der Waals surface area contributed by atoms with Gasteiger partial charge in [0.05, 0.1) is 0 Å². The first-order chi connectivity index (χ1) is 9.08. The largest absolute Gasteiger partial charge is 0.491 e. The summed E-state index contributed by atoms with van der Waals surface area (Å²) in [5.74, 6) is 0.808. The van der Waals surface area contributed by atoms with Gasteiger partial charge in [-0.05, 0) is 30.4 Å². The van der Waals surface area contributed by atoms with Crippen molar-refractivity contribution in [3.8, 4) is 5.75 Å². The molecule has 2 rings (SSSR count). The lowest BCUT2D eigenvalue weighted by Gasteiger charge is -2.28. The molecule has 1 aromatic rings. The van der Waals surface area contributed by atoms with E-state index in [2.05, 4.69) is 19.2 Å². The molecule has 1 saturated carbocycles. The fourth-order valence-electron chi connectivity index (χ4n) is 2.75. The summed E-state index contributed by atoms with van der Waals surface area (Å²) in [6.07, 6.45) is 3.29. The van der Waals surface area contributed by atoms with Gasteiger partial charge in [0, 0.05) is 12.6 Å². The number of hydrogen-bond acceptors (Lipinski definition) is 3. The first kappa shape index (κ1) is 14.4. The Morgan fingerprint density at radius 2 is 2.11 bits per heavy atom. The van der Waals surface area contributed by atoms with Crippen LogP contribution >= 0.6 is 0 Å². The van der Waals surface area contributed by atoms with E-state index in [1.54, 1.807) is 0 Å². The molecule has 106 valence electrons. The maximum Gasteiger partial charge on any atom is 0.119 e. The minimum atomic E-state index is -0.461. The van der Waals surface area contributed by atoms with Gasteiger partial charge in [-0.15, -0.1) is 0 Å². The molecule has 0 aromatic heterocycles. The third-order valence-corrected chi connectivity index (χ3v) is 4.04. The third-order valence-electron chi connectivity index (χ3n) is 4.04. The van der Waals surface area contributed by atoms with Gasteiger partial charge in [-0.25, -0.2) is 0 Å². The number of para-hydroxylation sites is 1. The maximum absolute atomic E-state index is 9.95. The van der Waals surface area contributed by atoms with Gasteiger partial charge < -0.3 is 15.2 Å². The molecule has 0 heterocycles. The first-order valence-corrected chi connectivity index (χ1v) is 7.17. The monoisotopic (exact) mass is 263 g/mol. The van der Waals surface area contributed by atoms with Gasteiger partial charge in [0.1, 0.15) is 18.5 Å². The summed E-state index contributed by atoms with van der Waals surface area (Å²) >= 11 is 0. The van der Waals surface area contributed by atoms with Crippen molar-refractivity contribution in [3.05, 3.63) is 30.3 Å². The van der Waals surface area contributed by atoms with E-state index in [0.717, 1.165) is 5.75 Å². The lowest BCUT2D eigenvalue weighted by molar-refractivity contribution is 0.0986. The van der Waals surface area contributed by atoms with Crippen LogP contribution in [0.3, 0.4) is 0 Å². The number of nitrogens with one attached hydrogen (secondary N) is 1. The zero-order valence-electron chi connectivity index (χ0n) is 11.9. The van der Waals surface area contributed by atoms with Crippen LogP contribution in [0.5, 0.6) is 5.75 Å². The molecule has 0 bridgehead atoms. The highest BCUT2D eigenvalue weighted by Gasteiger charge is 2.34. The van der Waals surface area contributed by atoms with Crippen molar-refractivity contribution in [2.75, 3.05) is 13.2 Å². The summed E-state index contributed by atoms with van der Waals surface area (Å²) in [6.45, 7) is 5.53. The second kappa shape index (κ2) is 6.40. The summed E-state index contributed by atoms with van der Waals surface area (Å²) < 4.78 is 5.54. The molecule has 3 nitrogen and oxygen atoms in total. The zero-order chi connectivity index (χ0) is 13.7. The van der Waals surface area contributed by atoms with Gasteiger partial charge in [-0.1, -0.05) is 38.5 Å².